The van der Waals surface area contributed by atoms with E-state index in [1.165, 1.54) is 104 Å². The van der Waals surface area contributed by atoms with Crippen LogP contribution in [0.2, 0.25) is 0 Å². The molecule has 316 valence electrons. The van der Waals surface area contributed by atoms with Gasteiger partial charge in [0, 0.05) is 5.92 Å². The van der Waals surface area contributed by atoms with Crippen molar-refractivity contribution in [3.05, 3.63) is 252 Å². The third-order valence-corrected chi connectivity index (χ3v) is 13.0. The van der Waals surface area contributed by atoms with Gasteiger partial charge in [0.1, 0.15) is 0 Å². The molecule has 0 aliphatic rings. The molecule has 0 N–H and O–H groups in total. The summed E-state index contributed by atoms with van der Waals surface area (Å²) in [7, 11) is 0. The molecule has 0 bridgehead atoms. The van der Waals surface area contributed by atoms with Crippen LogP contribution in [0.15, 0.2) is 218 Å². The van der Waals surface area contributed by atoms with Crippen molar-refractivity contribution in [1.82, 2.24) is 0 Å². The summed E-state index contributed by atoms with van der Waals surface area (Å²) in [5.41, 5.74) is 8.34. The largest absolute Gasteiger partial charge is 0.0648 e. The molecule has 0 aliphatic carbocycles. The average Bonchev–Trinajstić information content (AvgIpc) is 3.35. The number of hydrogen-bond acceptors (Lipinski definition) is 0. The molecule has 0 heteroatoms. The maximum absolute atomic E-state index is 2.39. The highest BCUT2D eigenvalue weighted by Crippen LogP contribution is 2.37. The van der Waals surface area contributed by atoms with Gasteiger partial charge in [-0.05, 0) is 138 Å². The van der Waals surface area contributed by atoms with E-state index < -0.39 is 0 Å². The maximum atomic E-state index is 2.39. The minimum atomic E-state index is 0.436. The molecule has 2 atom stereocenters. The standard InChI is InChI=1S/C23H20.2C15H12.C11H16/c1-2-19(17-10-4-3-5-11-17)23-16-18-12-6-7-13-20(18)21-14-8-9-15-22(21)23;2*1-11-10-12-6-2-3-8-14(12)15-9-5-4-7-13(11)15;1-4-10(3)11-7-5-9(2)6-8-11/h3-16,19H,2H2,1H3;2*2-10H,1H3;5-8,10H,4H2,1-3H3. The van der Waals surface area contributed by atoms with E-state index in [1.54, 1.807) is 0 Å². The Morgan fingerprint density at radius 3 is 1.11 bits per heavy atom. The third kappa shape index (κ3) is 9.63. The number of benzene rings is 11. The Bertz CT molecular complexity index is 3170. The summed E-state index contributed by atoms with van der Waals surface area (Å²) in [6.07, 6.45) is 2.33. The lowest BCUT2D eigenvalue weighted by Crippen LogP contribution is -2.01. The van der Waals surface area contributed by atoms with Crippen LogP contribution in [0.25, 0.3) is 64.6 Å². The van der Waals surface area contributed by atoms with E-state index in [-0.39, 0.29) is 0 Å². The number of rotatable bonds is 5. The zero-order valence-electron chi connectivity index (χ0n) is 38.4. The summed E-state index contributed by atoms with van der Waals surface area (Å²) >= 11 is 0. The van der Waals surface area contributed by atoms with Crippen LogP contribution in [-0.4, -0.2) is 0 Å². The minimum absolute atomic E-state index is 0.436. The van der Waals surface area contributed by atoms with E-state index >= 15 is 0 Å². The normalized spacial score (nSPS) is 11.9. The summed E-state index contributed by atoms with van der Waals surface area (Å²) in [4.78, 5) is 0. The SMILES string of the molecule is CCC(C)c1ccc(C)cc1.CCC(c1ccccc1)c1cc2ccccc2c2ccccc12.Cc1cc2ccccc2c2ccccc12.Cc1cc2ccccc2c2ccccc12. The minimum Gasteiger partial charge on any atom is -0.0648 e. The van der Waals surface area contributed by atoms with Crippen LogP contribution in [0.4, 0.5) is 0 Å². The fourth-order valence-electron chi connectivity index (χ4n) is 9.30. The fourth-order valence-corrected chi connectivity index (χ4v) is 9.30. The van der Waals surface area contributed by atoms with Crippen molar-refractivity contribution in [3.8, 4) is 0 Å². The second-order valence-corrected chi connectivity index (χ2v) is 17.2. The summed E-state index contributed by atoms with van der Waals surface area (Å²) in [6.45, 7) is 13.3. The van der Waals surface area contributed by atoms with Crippen molar-refractivity contribution in [2.24, 2.45) is 0 Å². The van der Waals surface area contributed by atoms with Crippen molar-refractivity contribution in [2.75, 3.05) is 0 Å². The Hall–Kier alpha value is -7.02. The second kappa shape index (κ2) is 20.4. The third-order valence-electron chi connectivity index (χ3n) is 13.0. The van der Waals surface area contributed by atoms with Gasteiger partial charge in [-0.2, -0.15) is 0 Å². The van der Waals surface area contributed by atoms with E-state index in [2.05, 4.69) is 260 Å². The summed E-state index contributed by atoms with van der Waals surface area (Å²) in [6, 6.07) is 78.4. The van der Waals surface area contributed by atoms with Gasteiger partial charge in [0.25, 0.3) is 0 Å². The molecule has 0 aromatic heterocycles. The molecule has 0 aliphatic heterocycles. The van der Waals surface area contributed by atoms with Crippen LogP contribution in [0.1, 0.15) is 78.8 Å². The van der Waals surface area contributed by atoms with Gasteiger partial charge in [-0.15, -0.1) is 0 Å². The van der Waals surface area contributed by atoms with Crippen LogP contribution in [-0.2, 0) is 0 Å². The Labute approximate surface area is 380 Å². The van der Waals surface area contributed by atoms with Crippen LogP contribution in [0, 0.1) is 20.8 Å². The van der Waals surface area contributed by atoms with Gasteiger partial charge < -0.3 is 0 Å². The monoisotopic (exact) mass is 828 g/mol. The number of aryl methyl sites for hydroxylation is 3. The molecular weight excluding hydrogens is 769 g/mol. The molecule has 0 nitrogen and oxygen atoms in total. The molecule has 0 saturated carbocycles. The van der Waals surface area contributed by atoms with E-state index in [4.69, 9.17) is 0 Å². The summed E-state index contributed by atoms with van der Waals surface area (Å²) in [5, 5.41) is 16.2. The van der Waals surface area contributed by atoms with Crippen molar-refractivity contribution < 1.29 is 0 Å². The Morgan fingerprint density at radius 2 is 0.672 bits per heavy atom. The predicted octanol–water partition coefficient (Wildman–Crippen LogP) is 18.6. The first-order valence-electron chi connectivity index (χ1n) is 23.1. The van der Waals surface area contributed by atoms with Gasteiger partial charge in [-0.3, -0.25) is 0 Å². The first-order chi connectivity index (χ1) is 31.3. The Balaban J connectivity index is 0.000000121. The van der Waals surface area contributed by atoms with Gasteiger partial charge >= 0.3 is 0 Å². The summed E-state index contributed by atoms with van der Waals surface area (Å²) in [5.74, 6) is 1.14. The quantitative estimate of drug-likeness (QED) is 0.152. The van der Waals surface area contributed by atoms with Gasteiger partial charge in [-0.25, -0.2) is 0 Å². The second-order valence-electron chi connectivity index (χ2n) is 17.2. The first-order valence-corrected chi connectivity index (χ1v) is 23.1. The van der Waals surface area contributed by atoms with Gasteiger partial charge in [0.05, 0.1) is 0 Å². The van der Waals surface area contributed by atoms with Crippen molar-refractivity contribution in [3.63, 3.8) is 0 Å². The van der Waals surface area contributed by atoms with Crippen LogP contribution >= 0.6 is 0 Å². The zero-order valence-corrected chi connectivity index (χ0v) is 38.4. The highest BCUT2D eigenvalue weighted by Gasteiger charge is 2.16. The van der Waals surface area contributed by atoms with Crippen molar-refractivity contribution >= 4 is 64.6 Å². The first kappa shape index (κ1) is 43.6. The molecule has 0 fully saturated rings. The lowest BCUT2D eigenvalue weighted by Gasteiger charge is -2.20. The van der Waals surface area contributed by atoms with E-state index in [0.29, 0.717) is 11.8 Å². The molecule has 11 aromatic rings. The van der Waals surface area contributed by atoms with Gasteiger partial charge in [0.2, 0.25) is 0 Å². The molecule has 11 rings (SSSR count). The topological polar surface area (TPSA) is 0 Å². The lowest BCUT2D eigenvalue weighted by molar-refractivity contribution is 0.733. The molecule has 0 radical (unpaired) electrons. The van der Waals surface area contributed by atoms with Crippen LogP contribution in [0.5, 0.6) is 0 Å². The Kier molecular flexibility index (Phi) is 13.9. The molecule has 0 heterocycles. The smallest absolute Gasteiger partial charge is 0.00930 e. The van der Waals surface area contributed by atoms with Gasteiger partial charge in [0.15, 0.2) is 0 Å². The highest BCUT2D eigenvalue weighted by atomic mass is 14.2. The van der Waals surface area contributed by atoms with Crippen LogP contribution < -0.4 is 0 Å². The van der Waals surface area contributed by atoms with E-state index in [0.717, 1.165) is 6.42 Å². The number of fused-ring (bicyclic) bond motifs is 9. The highest BCUT2D eigenvalue weighted by molar-refractivity contribution is 6.11. The number of hydrogen-bond donors (Lipinski definition) is 0. The molecule has 2 unspecified atom stereocenters. The maximum Gasteiger partial charge on any atom is 0.00930 e. The molecule has 0 spiro atoms. The molecule has 64 heavy (non-hydrogen) atoms. The van der Waals surface area contributed by atoms with Crippen molar-refractivity contribution in [2.45, 2.75) is 66.2 Å². The zero-order chi connectivity index (χ0) is 44.4. The molecule has 11 aromatic carbocycles. The molecule has 0 amide bonds. The average molecular weight is 829 g/mol. The fraction of sp³-hybridized carbons (Fsp3) is 0.156. The molecule has 0 saturated heterocycles. The Morgan fingerprint density at radius 1 is 0.312 bits per heavy atom. The van der Waals surface area contributed by atoms with E-state index in [9.17, 15) is 0 Å². The van der Waals surface area contributed by atoms with Gasteiger partial charge in [-0.1, -0.05) is 239 Å². The molecular formula is C64H60. The van der Waals surface area contributed by atoms with Crippen molar-refractivity contribution in [1.29, 1.82) is 0 Å². The van der Waals surface area contributed by atoms with E-state index in [1.807, 2.05) is 0 Å². The van der Waals surface area contributed by atoms with Crippen LogP contribution in [0.3, 0.4) is 0 Å². The predicted molar refractivity (Wildman–Crippen MR) is 282 cm³/mol. The lowest BCUT2D eigenvalue weighted by atomic mass is 9.84. The summed E-state index contributed by atoms with van der Waals surface area (Å²) < 4.78 is 0.